The number of hydrogen-bond donors (Lipinski definition) is 1. The fourth-order valence-corrected chi connectivity index (χ4v) is 2.43. The first-order valence-electron chi connectivity index (χ1n) is 6.45. The highest BCUT2D eigenvalue weighted by Crippen LogP contribution is 2.22. The van der Waals surface area contributed by atoms with Gasteiger partial charge in [-0.15, -0.1) is 0 Å². The SMILES string of the molecule is CC(Oc1cccc(Cl)c1)C(=O)N/N=C/c1ccc([N+](=O)[O-])s1. The Morgan fingerprint density at radius 1 is 1.48 bits per heavy atom. The third-order valence-corrected chi connectivity index (χ3v) is 3.84. The van der Waals surface area contributed by atoms with E-state index in [9.17, 15) is 14.9 Å². The molecule has 2 rings (SSSR count). The Morgan fingerprint density at radius 3 is 2.91 bits per heavy atom. The highest BCUT2D eigenvalue weighted by molar-refractivity contribution is 7.16. The first-order valence-corrected chi connectivity index (χ1v) is 7.64. The van der Waals surface area contributed by atoms with E-state index in [-0.39, 0.29) is 5.00 Å². The summed E-state index contributed by atoms with van der Waals surface area (Å²) in [6.07, 6.45) is 0.560. The largest absolute Gasteiger partial charge is 0.481 e. The van der Waals surface area contributed by atoms with Gasteiger partial charge in [0.1, 0.15) is 5.75 Å². The van der Waals surface area contributed by atoms with Crippen molar-refractivity contribution in [1.29, 1.82) is 0 Å². The zero-order valence-electron chi connectivity index (χ0n) is 11.9. The molecule has 1 atom stereocenters. The van der Waals surface area contributed by atoms with Crippen molar-refractivity contribution in [2.75, 3.05) is 0 Å². The highest BCUT2D eigenvalue weighted by Gasteiger charge is 2.14. The third-order valence-electron chi connectivity index (χ3n) is 2.64. The summed E-state index contributed by atoms with van der Waals surface area (Å²) in [5, 5.41) is 14.8. The topological polar surface area (TPSA) is 93.8 Å². The number of carbonyl (C=O) groups is 1. The molecule has 0 aliphatic heterocycles. The molecule has 0 saturated carbocycles. The molecule has 1 heterocycles. The molecule has 0 aliphatic carbocycles. The second-order valence-corrected chi connectivity index (χ2v) is 5.92. The van der Waals surface area contributed by atoms with E-state index in [2.05, 4.69) is 10.5 Å². The van der Waals surface area contributed by atoms with Gasteiger partial charge in [0.25, 0.3) is 5.91 Å². The minimum atomic E-state index is -0.775. The number of ether oxygens (including phenoxy) is 1. The lowest BCUT2D eigenvalue weighted by atomic mass is 10.3. The van der Waals surface area contributed by atoms with Gasteiger partial charge in [-0.3, -0.25) is 14.9 Å². The minimum Gasteiger partial charge on any atom is -0.481 e. The number of halogens is 1. The van der Waals surface area contributed by atoms with E-state index in [1.807, 2.05) is 0 Å². The standard InChI is InChI=1S/C14H12ClN3O4S/c1-9(22-11-4-2-3-10(15)7-11)14(19)17-16-8-12-5-6-13(23-12)18(20)21/h2-9H,1H3,(H,17,19)/b16-8+. The molecule has 7 nitrogen and oxygen atoms in total. The highest BCUT2D eigenvalue weighted by atomic mass is 35.5. The van der Waals surface area contributed by atoms with Crippen LogP contribution in [-0.4, -0.2) is 23.1 Å². The molecule has 1 aromatic carbocycles. The Balaban J connectivity index is 1.88. The molecule has 2 aromatic rings. The quantitative estimate of drug-likeness (QED) is 0.490. The maximum Gasteiger partial charge on any atom is 0.324 e. The van der Waals surface area contributed by atoms with E-state index >= 15 is 0 Å². The molecule has 9 heteroatoms. The van der Waals surface area contributed by atoms with Crippen LogP contribution in [0.25, 0.3) is 0 Å². The Kier molecular flexibility index (Phi) is 5.67. The number of rotatable bonds is 6. The maximum absolute atomic E-state index is 11.8. The first kappa shape index (κ1) is 16.9. The minimum absolute atomic E-state index is 0.00966. The smallest absolute Gasteiger partial charge is 0.324 e. The van der Waals surface area contributed by atoms with E-state index in [1.54, 1.807) is 37.3 Å². The lowest BCUT2D eigenvalue weighted by Crippen LogP contribution is -2.33. The van der Waals surface area contributed by atoms with Crippen LogP contribution >= 0.6 is 22.9 Å². The molecular formula is C14H12ClN3O4S. The van der Waals surface area contributed by atoms with E-state index < -0.39 is 16.9 Å². The summed E-state index contributed by atoms with van der Waals surface area (Å²) < 4.78 is 5.44. The summed E-state index contributed by atoms with van der Waals surface area (Å²) in [5.41, 5.74) is 2.31. The Hall–Kier alpha value is -2.45. The van der Waals surface area contributed by atoms with Gasteiger partial charge in [-0.1, -0.05) is 29.0 Å². The number of amides is 1. The zero-order valence-corrected chi connectivity index (χ0v) is 13.5. The number of hydrazone groups is 1. The summed E-state index contributed by atoms with van der Waals surface area (Å²) in [6, 6.07) is 9.61. The molecular weight excluding hydrogens is 342 g/mol. The Morgan fingerprint density at radius 2 is 2.26 bits per heavy atom. The average molecular weight is 354 g/mol. The summed E-state index contributed by atoms with van der Waals surface area (Å²) >= 11 is 6.79. The fraction of sp³-hybridized carbons (Fsp3) is 0.143. The van der Waals surface area contributed by atoms with Crippen LogP contribution in [0.2, 0.25) is 5.02 Å². The van der Waals surface area contributed by atoms with E-state index in [4.69, 9.17) is 16.3 Å². The lowest BCUT2D eigenvalue weighted by Gasteiger charge is -2.12. The number of hydrogen-bond acceptors (Lipinski definition) is 6. The Bertz CT molecular complexity index is 747. The molecule has 120 valence electrons. The second-order valence-electron chi connectivity index (χ2n) is 4.38. The molecule has 0 radical (unpaired) electrons. The molecule has 0 fully saturated rings. The number of benzene rings is 1. The number of carbonyl (C=O) groups excluding carboxylic acids is 1. The lowest BCUT2D eigenvalue weighted by molar-refractivity contribution is -0.380. The molecule has 0 saturated heterocycles. The summed E-state index contributed by atoms with van der Waals surface area (Å²) in [7, 11) is 0. The van der Waals surface area contributed by atoms with Crippen molar-refractivity contribution in [3.63, 3.8) is 0 Å². The van der Waals surface area contributed by atoms with Crippen LogP contribution in [0, 0.1) is 10.1 Å². The molecule has 23 heavy (non-hydrogen) atoms. The predicted octanol–water partition coefficient (Wildman–Crippen LogP) is 3.23. The van der Waals surface area contributed by atoms with Gasteiger partial charge in [0.2, 0.25) is 0 Å². The van der Waals surface area contributed by atoms with Gasteiger partial charge in [0.15, 0.2) is 6.10 Å². The van der Waals surface area contributed by atoms with Crippen molar-refractivity contribution >= 4 is 40.1 Å². The number of nitro groups is 1. The van der Waals surface area contributed by atoms with Gasteiger partial charge in [-0.25, -0.2) is 5.43 Å². The van der Waals surface area contributed by atoms with Crippen molar-refractivity contribution in [2.45, 2.75) is 13.0 Å². The van der Waals surface area contributed by atoms with Crippen LogP contribution in [0.1, 0.15) is 11.8 Å². The third kappa shape index (κ3) is 5.04. The van der Waals surface area contributed by atoms with Gasteiger partial charge >= 0.3 is 5.00 Å². The maximum atomic E-state index is 11.8. The normalized spacial score (nSPS) is 12.1. The summed E-state index contributed by atoms with van der Waals surface area (Å²) in [5.74, 6) is 0.0188. The molecule has 0 aliphatic rings. The number of thiophene rings is 1. The van der Waals surface area contributed by atoms with Gasteiger partial charge < -0.3 is 4.74 Å². The number of nitrogens with one attached hydrogen (secondary N) is 1. The van der Waals surface area contributed by atoms with Gasteiger partial charge in [-0.2, -0.15) is 5.10 Å². The van der Waals surface area contributed by atoms with Crippen molar-refractivity contribution in [1.82, 2.24) is 5.43 Å². The van der Waals surface area contributed by atoms with Crippen LogP contribution in [0.5, 0.6) is 5.75 Å². The van der Waals surface area contributed by atoms with Gasteiger partial charge in [0, 0.05) is 11.1 Å². The fourth-order valence-electron chi connectivity index (χ4n) is 1.56. The second kappa shape index (κ2) is 7.70. The van der Waals surface area contributed by atoms with E-state index in [1.165, 1.54) is 12.3 Å². The summed E-state index contributed by atoms with van der Waals surface area (Å²) in [4.78, 5) is 22.5. The monoisotopic (exact) mass is 353 g/mol. The number of nitrogens with zero attached hydrogens (tertiary/aromatic N) is 2. The predicted molar refractivity (Wildman–Crippen MR) is 88.3 cm³/mol. The molecule has 1 amide bonds. The van der Waals surface area contributed by atoms with E-state index in [0.29, 0.717) is 15.6 Å². The van der Waals surface area contributed by atoms with Crippen molar-refractivity contribution in [3.05, 3.63) is 56.4 Å². The van der Waals surface area contributed by atoms with Crippen molar-refractivity contribution in [3.8, 4) is 5.75 Å². The molecule has 1 unspecified atom stereocenters. The van der Waals surface area contributed by atoms with Crippen LogP contribution in [0.15, 0.2) is 41.5 Å². The molecule has 0 bridgehead atoms. The van der Waals surface area contributed by atoms with Gasteiger partial charge in [-0.05, 0) is 31.2 Å². The molecule has 0 spiro atoms. The van der Waals surface area contributed by atoms with E-state index in [0.717, 1.165) is 11.3 Å². The Labute approximate surface area is 140 Å². The van der Waals surface area contributed by atoms with Gasteiger partial charge in [0.05, 0.1) is 16.0 Å². The van der Waals surface area contributed by atoms with Crippen molar-refractivity contribution in [2.24, 2.45) is 5.10 Å². The van der Waals surface area contributed by atoms with Crippen LogP contribution in [0.3, 0.4) is 0 Å². The molecule has 1 aromatic heterocycles. The summed E-state index contributed by atoms with van der Waals surface area (Å²) in [6.45, 7) is 1.57. The van der Waals surface area contributed by atoms with Crippen LogP contribution < -0.4 is 10.2 Å². The average Bonchev–Trinajstić information content (AvgIpc) is 2.96. The molecule has 1 N–H and O–H groups in total. The van der Waals surface area contributed by atoms with Crippen LogP contribution in [0.4, 0.5) is 5.00 Å². The van der Waals surface area contributed by atoms with Crippen molar-refractivity contribution < 1.29 is 14.5 Å². The zero-order chi connectivity index (χ0) is 16.8. The first-order chi connectivity index (χ1) is 11.0. The van der Waals surface area contributed by atoms with Crippen LogP contribution in [-0.2, 0) is 4.79 Å².